The molecular formula is C20H16N4OS4. The van der Waals surface area contributed by atoms with Gasteiger partial charge in [0.25, 0.3) is 5.91 Å². The van der Waals surface area contributed by atoms with E-state index in [1.807, 2.05) is 17.5 Å². The van der Waals surface area contributed by atoms with E-state index in [4.69, 9.17) is 0 Å². The monoisotopic (exact) mass is 456 g/mol. The van der Waals surface area contributed by atoms with Crippen LogP contribution in [-0.4, -0.2) is 28.1 Å². The summed E-state index contributed by atoms with van der Waals surface area (Å²) in [4.78, 5) is 12.9. The normalized spacial score (nSPS) is 11.3. The van der Waals surface area contributed by atoms with E-state index in [0.29, 0.717) is 0 Å². The van der Waals surface area contributed by atoms with Gasteiger partial charge < -0.3 is 0 Å². The lowest BCUT2D eigenvalue weighted by Gasteiger charge is -2.04. The van der Waals surface area contributed by atoms with Gasteiger partial charge in [-0.3, -0.25) is 4.79 Å². The summed E-state index contributed by atoms with van der Waals surface area (Å²) in [6.07, 6.45) is 1.64. The zero-order valence-corrected chi connectivity index (χ0v) is 18.4. The number of nitrogens with one attached hydrogen (secondary N) is 1. The van der Waals surface area contributed by atoms with Gasteiger partial charge in [-0.1, -0.05) is 83.4 Å². The lowest BCUT2D eigenvalue weighted by molar-refractivity contribution is -0.118. The average Bonchev–Trinajstić information content (AvgIpc) is 3.43. The minimum absolute atomic E-state index is 0.164. The van der Waals surface area contributed by atoms with Gasteiger partial charge in [-0.2, -0.15) is 5.10 Å². The molecule has 4 aromatic rings. The summed E-state index contributed by atoms with van der Waals surface area (Å²) in [5, 5.41) is 16.8. The van der Waals surface area contributed by atoms with Gasteiger partial charge in [-0.15, -0.1) is 21.5 Å². The van der Waals surface area contributed by atoms with Crippen molar-refractivity contribution in [2.45, 2.75) is 14.4 Å². The van der Waals surface area contributed by atoms with Crippen molar-refractivity contribution in [3.8, 4) is 0 Å². The molecule has 0 unspecified atom stereocenters. The number of carbonyl (C=O) groups is 1. The second-order valence-electron chi connectivity index (χ2n) is 5.86. The Bertz CT molecular complexity index is 1120. The molecular weight excluding hydrogens is 441 g/mol. The van der Waals surface area contributed by atoms with Crippen molar-refractivity contribution in [1.82, 2.24) is 15.6 Å². The Morgan fingerprint density at radius 2 is 1.86 bits per heavy atom. The SMILES string of the molecule is O=C(CSc1nnc(SCc2cccc3ccccc23)s1)N/N=C/c1cccs1. The van der Waals surface area contributed by atoms with Gasteiger partial charge in [0.15, 0.2) is 8.68 Å². The van der Waals surface area contributed by atoms with Crippen LogP contribution >= 0.6 is 46.2 Å². The third-order valence-electron chi connectivity index (χ3n) is 3.87. The third-order valence-corrected chi connectivity index (χ3v) is 7.92. The molecule has 0 radical (unpaired) electrons. The molecule has 0 saturated carbocycles. The first kappa shape index (κ1) is 20.1. The highest BCUT2D eigenvalue weighted by Gasteiger charge is 2.09. The molecule has 2 heterocycles. The van der Waals surface area contributed by atoms with Crippen LogP contribution in [0.4, 0.5) is 0 Å². The second kappa shape index (κ2) is 10.0. The van der Waals surface area contributed by atoms with Crippen molar-refractivity contribution in [3.05, 3.63) is 70.4 Å². The zero-order chi connectivity index (χ0) is 19.9. The molecule has 9 heteroatoms. The van der Waals surface area contributed by atoms with Gasteiger partial charge in [0, 0.05) is 10.6 Å². The maximum absolute atomic E-state index is 11.9. The van der Waals surface area contributed by atoms with Crippen LogP contribution in [0, 0.1) is 0 Å². The maximum atomic E-state index is 11.9. The van der Waals surface area contributed by atoms with Gasteiger partial charge in [0.2, 0.25) is 0 Å². The number of fused-ring (bicyclic) bond motifs is 1. The summed E-state index contributed by atoms with van der Waals surface area (Å²) in [5.41, 5.74) is 3.81. The van der Waals surface area contributed by atoms with E-state index in [0.717, 1.165) is 19.3 Å². The number of hydrogen-bond donors (Lipinski definition) is 1. The van der Waals surface area contributed by atoms with Crippen LogP contribution in [0.1, 0.15) is 10.4 Å². The average molecular weight is 457 g/mol. The first-order valence-electron chi connectivity index (χ1n) is 8.69. The Hall–Kier alpha value is -2.20. The predicted octanol–water partition coefficient (Wildman–Crippen LogP) is 5.29. The van der Waals surface area contributed by atoms with Crippen LogP contribution in [0.2, 0.25) is 0 Å². The Morgan fingerprint density at radius 1 is 1.03 bits per heavy atom. The van der Waals surface area contributed by atoms with Gasteiger partial charge in [0.1, 0.15) is 0 Å². The predicted molar refractivity (Wildman–Crippen MR) is 124 cm³/mol. The maximum Gasteiger partial charge on any atom is 0.250 e. The largest absolute Gasteiger partial charge is 0.272 e. The molecule has 1 N–H and O–H groups in total. The molecule has 2 aromatic heterocycles. The van der Waals surface area contributed by atoms with Gasteiger partial charge in [-0.25, -0.2) is 5.43 Å². The molecule has 0 atom stereocenters. The number of aromatic nitrogens is 2. The van der Waals surface area contributed by atoms with Crippen molar-refractivity contribution in [3.63, 3.8) is 0 Å². The van der Waals surface area contributed by atoms with Crippen molar-refractivity contribution < 1.29 is 4.79 Å². The molecule has 2 aromatic carbocycles. The Kier molecular flexibility index (Phi) is 6.94. The summed E-state index contributed by atoms with van der Waals surface area (Å²) in [5.74, 6) is 0.922. The molecule has 1 amide bonds. The molecule has 0 bridgehead atoms. The molecule has 5 nitrogen and oxygen atoms in total. The van der Waals surface area contributed by atoms with Crippen molar-refractivity contribution in [1.29, 1.82) is 0 Å². The highest BCUT2D eigenvalue weighted by molar-refractivity contribution is 8.03. The van der Waals surface area contributed by atoms with E-state index in [2.05, 4.69) is 63.2 Å². The number of hydrazone groups is 1. The summed E-state index contributed by atoms with van der Waals surface area (Å²) < 4.78 is 1.68. The summed E-state index contributed by atoms with van der Waals surface area (Å²) in [6.45, 7) is 0. The number of thiophene rings is 1. The van der Waals surface area contributed by atoms with Crippen LogP contribution in [-0.2, 0) is 10.5 Å². The first-order chi connectivity index (χ1) is 14.3. The van der Waals surface area contributed by atoms with Crippen LogP contribution in [0.25, 0.3) is 10.8 Å². The van der Waals surface area contributed by atoms with Gasteiger partial charge >= 0.3 is 0 Å². The minimum atomic E-state index is -0.164. The van der Waals surface area contributed by atoms with Gasteiger partial charge in [0.05, 0.1) is 12.0 Å². The fraction of sp³-hybridized carbons (Fsp3) is 0.100. The quantitative estimate of drug-likeness (QED) is 0.222. The lowest BCUT2D eigenvalue weighted by atomic mass is 10.1. The Morgan fingerprint density at radius 3 is 2.72 bits per heavy atom. The van der Waals surface area contributed by atoms with Gasteiger partial charge in [-0.05, 0) is 27.8 Å². The molecule has 146 valence electrons. The van der Waals surface area contributed by atoms with E-state index in [1.54, 1.807) is 29.3 Å². The highest BCUT2D eigenvalue weighted by Crippen LogP contribution is 2.32. The molecule has 0 fully saturated rings. The smallest absolute Gasteiger partial charge is 0.250 e. The van der Waals surface area contributed by atoms with Crippen LogP contribution in [0.15, 0.2) is 73.8 Å². The van der Waals surface area contributed by atoms with Crippen LogP contribution < -0.4 is 5.43 Å². The Balaban J connectivity index is 1.26. The molecule has 4 rings (SSSR count). The molecule has 0 spiro atoms. The van der Waals surface area contributed by atoms with Crippen LogP contribution in [0.3, 0.4) is 0 Å². The molecule has 0 aliphatic rings. The van der Waals surface area contributed by atoms with E-state index in [9.17, 15) is 4.79 Å². The molecule has 0 aliphatic heterocycles. The number of amides is 1. The van der Waals surface area contributed by atoms with E-state index >= 15 is 0 Å². The molecule has 0 saturated heterocycles. The van der Waals surface area contributed by atoms with Crippen molar-refractivity contribution in [2.75, 3.05) is 5.75 Å². The second-order valence-corrected chi connectivity index (χ2v) is 10.3. The number of benzene rings is 2. The van der Waals surface area contributed by atoms with Crippen LogP contribution in [0.5, 0.6) is 0 Å². The van der Waals surface area contributed by atoms with E-state index in [1.165, 1.54) is 39.4 Å². The van der Waals surface area contributed by atoms with E-state index in [-0.39, 0.29) is 11.7 Å². The van der Waals surface area contributed by atoms with Crippen molar-refractivity contribution >= 4 is 69.1 Å². The summed E-state index contributed by atoms with van der Waals surface area (Å²) in [6, 6.07) is 18.6. The summed E-state index contributed by atoms with van der Waals surface area (Å²) in [7, 11) is 0. The standard InChI is InChI=1S/C20H16N4OS4/c25-18(22-21-11-16-8-4-10-26-16)13-28-20-24-23-19(29-20)27-12-15-7-3-6-14-5-1-2-9-17(14)15/h1-11H,12-13H2,(H,22,25)/b21-11+. The number of thioether (sulfide) groups is 2. The van der Waals surface area contributed by atoms with Crippen molar-refractivity contribution in [2.24, 2.45) is 5.10 Å². The first-order valence-corrected chi connectivity index (χ1v) is 12.4. The lowest BCUT2D eigenvalue weighted by Crippen LogP contribution is -2.19. The zero-order valence-electron chi connectivity index (χ0n) is 15.1. The number of rotatable bonds is 8. The molecule has 29 heavy (non-hydrogen) atoms. The number of nitrogens with zero attached hydrogens (tertiary/aromatic N) is 3. The minimum Gasteiger partial charge on any atom is -0.272 e. The fourth-order valence-corrected chi connectivity index (χ4v) is 5.97. The fourth-order valence-electron chi connectivity index (χ4n) is 2.56. The third kappa shape index (κ3) is 5.66. The van der Waals surface area contributed by atoms with E-state index < -0.39 is 0 Å². The molecule has 0 aliphatic carbocycles. The topological polar surface area (TPSA) is 67.2 Å². The Labute approximate surface area is 184 Å². The highest BCUT2D eigenvalue weighted by atomic mass is 32.2. The summed E-state index contributed by atoms with van der Waals surface area (Å²) >= 11 is 6.11. The number of hydrogen-bond acceptors (Lipinski definition) is 8. The number of carbonyl (C=O) groups excluding carboxylic acids is 1.